The zero-order valence-electron chi connectivity index (χ0n) is 17.3. The average Bonchev–Trinajstić information content (AvgIpc) is 2.79. The number of hydrogen-bond donors (Lipinski definition) is 0. The van der Waals surface area contributed by atoms with Gasteiger partial charge in [-0.15, -0.1) is 0 Å². The molecule has 4 rings (SSSR count). The van der Waals surface area contributed by atoms with Gasteiger partial charge in [0.05, 0.1) is 20.3 Å². The third-order valence-corrected chi connectivity index (χ3v) is 5.41. The molecule has 0 saturated heterocycles. The maximum Gasteiger partial charge on any atom is 0.259 e. The Morgan fingerprint density at radius 1 is 1.03 bits per heavy atom. The summed E-state index contributed by atoms with van der Waals surface area (Å²) in [5.41, 5.74) is 2.66. The van der Waals surface area contributed by atoms with E-state index in [1.807, 2.05) is 54.3 Å². The third-order valence-electron chi connectivity index (χ3n) is 5.41. The summed E-state index contributed by atoms with van der Waals surface area (Å²) in [5.74, 6) is 2.20. The van der Waals surface area contributed by atoms with Gasteiger partial charge in [0.15, 0.2) is 11.5 Å². The molecule has 6 heteroatoms. The Kier molecular flexibility index (Phi) is 5.57. The first-order valence-electron chi connectivity index (χ1n) is 9.86. The molecule has 1 atom stereocenters. The topological polar surface area (TPSA) is 60.9 Å². The molecular formula is C24H24N2O4. The summed E-state index contributed by atoms with van der Waals surface area (Å²) < 4.78 is 16.8. The third kappa shape index (κ3) is 3.68. The Hall–Kier alpha value is -3.54. The lowest BCUT2D eigenvalue weighted by Gasteiger charge is -2.36. The number of amides is 1. The Bertz CT molecular complexity index is 1050. The van der Waals surface area contributed by atoms with E-state index in [-0.39, 0.29) is 11.9 Å². The van der Waals surface area contributed by atoms with Crippen LogP contribution < -0.4 is 14.2 Å². The summed E-state index contributed by atoms with van der Waals surface area (Å²) in [6.07, 6.45) is 2.36. The van der Waals surface area contributed by atoms with E-state index < -0.39 is 0 Å². The van der Waals surface area contributed by atoms with Gasteiger partial charge < -0.3 is 19.1 Å². The number of rotatable bonds is 5. The smallest absolute Gasteiger partial charge is 0.259 e. The first-order chi connectivity index (χ1) is 14.6. The second-order valence-corrected chi connectivity index (χ2v) is 7.10. The molecule has 2 aromatic carbocycles. The fourth-order valence-electron chi connectivity index (χ4n) is 3.81. The van der Waals surface area contributed by atoms with Crippen molar-refractivity contribution in [3.05, 3.63) is 77.5 Å². The molecule has 3 aromatic rings. The van der Waals surface area contributed by atoms with Crippen LogP contribution >= 0.6 is 0 Å². The molecular weight excluding hydrogens is 380 g/mol. The molecule has 0 saturated carbocycles. The van der Waals surface area contributed by atoms with Crippen molar-refractivity contribution in [3.63, 3.8) is 0 Å². The van der Waals surface area contributed by atoms with Crippen LogP contribution in [0.4, 0.5) is 0 Å². The summed E-state index contributed by atoms with van der Waals surface area (Å²) in [6, 6.07) is 16.7. The average molecular weight is 404 g/mol. The van der Waals surface area contributed by atoms with Crippen molar-refractivity contribution in [2.45, 2.75) is 19.4 Å². The van der Waals surface area contributed by atoms with Crippen molar-refractivity contribution in [2.75, 3.05) is 20.8 Å². The molecule has 6 nitrogen and oxygen atoms in total. The summed E-state index contributed by atoms with van der Waals surface area (Å²) in [5, 5.41) is 0. The Labute approximate surface area is 176 Å². The van der Waals surface area contributed by atoms with Gasteiger partial charge in [-0.05, 0) is 60.9 Å². The van der Waals surface area contributed by atoms with E-state index in [2.05, 4.69) is 4.98 Å². The number of nitrogens with zero attached hydrogens (tertiary/aromatic N) is 2. The lowest BCUT2D eigenvalue weighted by Crippen LogP contribution is -2.39. The minimum absolute atomic E-state index is 0.109. The van der Waals surface area contributed by atoms with Crippen LogP contribution in [0.5, 0.6) is 23.1 Å². The Balaban J connectivity index is 1.64. The van der Waals surface area contributed by atoms with Crippen LogP contribution in [0.15, 0.2) is 60.8 Å². The van der Waals surface area contributed by atoms with E-state index >= 15 is 0 Å². The van der Waals surface area contributed by atoms with Crippen LogP contribution in [0.2, 0.25) is 0 Å². The van der Waals surface area contributed by atoms with Gasteiger partial charge in [0, 0.05) is 12.7 Å². The fourth-order valence-corrected chi connectivity index (χ4v) is 3.81. The van der Waals surface area contributed by atoms with Crippen LogP contribution in [-0.2, 0) is 6.42 Å². The van der Waals surface area contributed by atoms with Crippen LogP contribution in [0, 0.1) is 0 Å². The van der Waals surface area contributed by atoms with Crippen molar-refractivity contribution < 1.29 is 19.0 Å². The Morgan fingerprint density at radius 2 is 1.77 bits per heavy atom. The normalized spacial score (nSPS) is 15.3. The van der Waals surface area contributed by atoms with Crippen LogP contribution in [0.3, 0.4) is 0 Å². The molecule has 0 radical (unpaired) electrons. The number of carbonyl (C=O) groups is 1. The predicted molar refractivity (Wildman–Crippen MR) is 113 cm³/mol. The second-order valence-electron chi connectivity index (χ2n) is 7.10. The van der Waals surface area contributed by atoms with Crippen molar-refractivity contribution in [2.24, 2.45) is 0 Å². The number of hydrogen-bond acceptors (Lipinski definition) is 5. The van der Waals surface area contributed by atoms with Gasteiger partial charge in [-0.2, -0.15) is 0 Å². The molecule has 0 aliphatic carbocycles. The maximum absolute atomic E-state index is 13.5. The SMILES string of the molecule is COc1cc2c(cc1OC)C(C)N(C(=O)c1cccnc1Oc1ccccc1)CC2. The van der Waals surface area contributed by atoms with E-state index in [0.29, 0.717) is 35.2 Å². The zero-order valence-corrected chi connectivity index (χ0v) is 17.3. The molecule has 0 bridgehead atoms. The first-order valence-corrected chi connectivity index (χ1v) is 9.86. The van der Waals surface area contributed by atoms with Crippen LogP contribution in [0.25, 0.3) is 0 Å². The minimum Gasteiger partial charge on any atom is -0.493 e. The van der Waals surface area contributed by atoms with Crippen LogP contribution in [-0.4, -0.2) is 36.6 Å². The Morgan fingerprint density at radius 3 is 2.50 bits per heavy atom. The number of ether oxygens (including phenoxy) is 3. The largest absolute Gasteiger partial charge is 0.493 e. The van der Waals surface area contributed by atoms with E-state index in [1.54, 1.807) is 32.5 Å². The fraction of sp³-hybridized carbons (Fsp3) is 0.250. The van der Waals surface area contributed by atoms with Gasteiger partial charge in [-0.25, -0.2) is 4.98 Å². The van der Waals surface area contributed by atoms with Crippen molar-refractivity contribution in [3.8, 4) is 23.1 Å². The predicted octanol–water partition coefficient (Wildman–Crippen LogP) is 4.65. The highest BCUT2D eigenvalue weighted by Gasteiger charge is 2.31. The van der Waals surface area contributed by atoms with E-state index in [9.17, 15) is 4.79 Å². The molecule has 0 N–H and O–H groups in total. The van der Waals surface area contributed by atoms with E-state index in [0.717, 1.165) is 17.5 Å². The lowest BCUT2D eigenvalue weighted by atomic mass is 9.92. The number of benzene rings is 2. The van der Waals surface area contributed by atoms with Gasteiger partial charge >= 0.3 is 0 Å². The summed E-state index contributed by atoms with van der Waals surface area (Å²) in [4.78, 5) is 19.6. The number of fused-ring (bicyclic) bond motifs is 1. The molecule has 1 aromatic heterocycles. The first kappa shape index (κ1) is 19.8. The summed E-state index contributed by atoms with van der Waals surface area (Å²) in [7, 11) is 3.24. The van der Waals surface area contributed by atoms with Gasteiger partial charge in [0.1, 0.15) is 11.3 Å². The number of carbonyl (C=O) groups excluding carboxylic acids is 1. The van der Waals surface area contributed by atoms with E-state index in [4.69, 9.17) is 14.2 Å². The zero-order chi connectivity index (χ0) is 21.1. The molecule has 1 amide bonds. The maximum atomic E-state index is 13.5. The van der Waals surface area contributed by atoms with Crippen molar-refractivity contribution in [1.29, 1.82) is 0 Å². The summed E-state index contributed by atoms with van der Waals surface area (Å²) in [6.45, 7) is 2.62. The quantitative estimate of drug-likeness (QED) is 0.619. The van der Waals surface area contributed by atoms with Crippen LogP contribution in [0.1, 0.15) is 34.5 Å². The molecule has 1 aliphatic heterocycles. The molecule has 1 unspecified atom stereocenters. The monoisotopic (exact) mass is 404 g/mol. The van der Waals surface area contributed by atoms with Gasteiger partial charge in [0.25, 0.3) is 5.91 Å². The highest BCUT2D eigenvalue weighted by molar-refractivity contribution is 5.97. The minimum atomic E-state index is -0.120. The van der Waals surface area contributed by atoms with E-state index in [1.165, 1.54) is 0 Å². The number of aromatic nitrogens is 1. The molecule has 2 heterocycles. The van der Waals surface area contributed by atoms with Gasteiger partial charge in [-0.1, -0.05) is 18.2 Å². The highest BCUT2D eigenvalue weighted by atomic mass is 16.5. The molecule has 0 fully saturated rings. The van der Waals surface area contributed by atoms with Gasteiger partial charge in [0.2, 0.25) is 5.88 Å². The van der Waals surface area contributed by atoms with Crippen molar-refractivity contribution in [1.82, 2.24) is 9.88 Å². The van der Waals surface area contributed by atoms with Gasteiger partial charge in [-0.3, -0.25) is 4.79 Å². The number of pyridine rings is 1. The molecule has 1 aliphatic rings. The number of methoxy groups -OCH3 is 2. The van der Waals surface area contributed by atoms with Crippen molar-refractivity contribution >= 4 is 5.91 Å². The number of para-hydroxylation sites is 1. The summed E-state index contributed by atoms with van der Waals surface area (Å²) >= 11 is 0. The standard InChI is InChI=1S/C24H24N2O4/c1-16-20-15-22(29-3)21(28-2)14-17(20)11-13-26(16)24(27)19-10-7-12-25-23(19)30-18-8-5-4-6-9-18/h4-10,12,14-16H,11,13H2,1-3H3. The lowest BCUT2D eigenvalue weighted by molar-refractivity contribution is 0.0674. The highest BCUT2D eigenvalue weighted by Crippen LogP contribution is 2.39. The molecule has 30 heavy (non-hydrogen) atoms. The second kappa shape index (κ2) is 8.45. The molecule has 0 spiro atoms. The molecule has 154 valence electrons.